The summed E-state index contributed by atoms with van der Waals surface area (Å²) in [6, 6.07) is 10.4. The van der Waals surface area contributed by atoms with Crippen LogP contribution in [0.2, 0.25) is 0 Å². The summed E-state index contributed by atoms with van der Waals surface area (Å²) in [5.41, 5.74) is 1.25. The van der Waals surface area contributed by atoms with Gasteiger partial charge in [0, 0.05) is 19.2 Å². The molecule has 2 unspecified atom stereocenters. The van der Waals surface area contributed by atoms with Gasteiger partial charge in [0.2, 0.25) is 0 Å². The van der Waals surface area contributed by atoms with Gasteiger partial charge in [-0.3, -0.25) is 4.90 Å². The largest absolute Gasteiger partial charge is 0.396 e. The van der Waals surface area contributed by atoms with Crippen LogP contribution >= 0.6 is 0 Å². The number of hydrogen-bond donors (Lipinski definition) is 3. The summed E-state index contributed by atoms with van der Waals surface area (Å²) >= 11 is 0. The van der Waals surface area contributed by atoms with Crippen LogP contribution in [0.15, 0.2) is 30.3 Å². The molecule has 2 amide bonds. The summed E-state index contributed by atoms with van der Waals surface area (Å²) in [5.74, 6) is 0.298. The molecule has 1 heterocycles. The molecule has 0 aromatic heterocycles. The van der Waals surface area contributed by atoms with Gasteiger partial charge in [0.15, 0.2) is 0 Å². The SMILES string of the molecule is CC(C)C(CCO)NC(=O)NCC(c1ccccc1)N1CCCC1. The third-order valence-electron chi connectivity index (χ3n) is 4.78. The minimum absolute atomic E-state index is 0.00281. The van der Waals surface area contributed by atoms with Crippen molar-refractivity contribution < 1.29 is 9.90 Å². The smallest absolute Gasteiger partial charge is 0.315 e. The number of carbonyl (C=O) groups is 1. The molecule has 1 fully saturated rings. The lowest BCUT2D eigenvalue weighted by Gasteiger charge is -2.29. The van der Waals surface area contributed by atoms with E-state index in [1.807, 2.05) is 6.07 Å². The van der Waals surface area contributed by atoms with E-state index >= 15 is 0 Å². The monoisotopic (exact) mass is 333 g/mol. The van der Waals surface area contributed by atoms with Crippen LogP contribution in [0, 0.1) is 5.92 Å². The van der Waals surface area contributed by atoms with Crippen molar-refractivity contribution in [1.29, 1.82) is 0 Å². The summed E-state index contributed by atoms with van der Waals surface area (Å²) in [7, 11) is 0. The molecule has 5 heteroatoms. The zero-order valence-corrected chi connectivity index (χ0v) is 14.9. The first kappa shape index (κ1) is 18.7. The van der Waals surface area contributed by atoms with Gasteiger partial charge in [0.25, 0.3) is 0 Å². The number of amides is 2. The highest BCUT2D eigenvalue weighted by Crippen LogP contribution is 2.24. The molecule has 1 saturated heterocycles. The fourth-order valence-corrected chi connectivity index (χ4v) is 3.31. The van der Waals surface area contributed by atoms with E-state index in [0.717, 1.165) is 13.1 Å². The maximum Gasteiger partial charge on any atom is 0.315 e. The van der Waals surface area contributed by atoms with Crippen molar-refractivity contribution in [2.75, 3.05) is 26.2 Å². The van der Waals surface area contributed by atoms with Gasteiger partial charge < -0.3 is 15.7 Å². The summed E-state index contributed by atoms with van der Waals surface area (Å²) in [4.78, 5) is 14.7. The number of urea groups is 1. The minimum atomic E-state index is -0.151. The quantitative estimate of drug-likeness (QED) is 0.685. The Kier molecular flexibility index (Phi) is 7.53. The van der Waals surface area contributed by atoms with Gasteiger partial charge in [-0.15, -0.1) is 0 Å². The number of rotatable bonds is 8. The lowest BCUT2D eigenvalue weighted by Crippen LogP contribution is -2.47. The van der Waals surface area contributed by atoms with E-state index in [-0.39, 0.29) is 24.7 Å². The predicted octanol–water partition coefficient (Wildman–Crippen LogP) is 2.53. The van der Waals surface area contributed by atoms with E-state index in [1.54, 1.807) is 0 Å². The molecule has 1 aliphatic rings. The molecule has 0 bridgehead atoms. The molecule has 2 rings (SSSR count). The van der Waals surface area contributed by atoms with Crippen molar-refractivity contribution >= 4 is 6.03 Å². The Balaban J connectivity index is 1.93. The molecule has 2 atom stereocenters. The lowest BCUT2D eigenvalue weighted by atomic mass is 10.0. The second kappa shape index (κ2) is 9.64. The van der Waals surface area contributed by atoms with Crippen LogP contribution in [0.25, 0.3) is 0 Å². The Labute approximate surface area is 145 Å². The molecule has 5 nitrogen and oxygen atoms in total. The molecule has 3 N–H and O–H groups in total. The van der Waals surface area contributed by atoms with Crippen LogP contribution in [0.3, 0.4) is 0 Å². The average molecular weight is 333 g/mol. The Hall–Kier alpha value is -1.59. The fourth-order valence-electron chi connectivity index (χ4n) is 3.31. The van der Waals surface area contributed by atoms with Crippen LogP contribution < -0.4 is 10.6 Å². The van der Waals surface area contributed by atoms with Crippen LogP contribution in [0.1, 0.15) is 44.7 Å². The molecule has 0 spiro atoms. The van der Waals surface area contributed by atoms with E-state index < -0.39 is 0 Å². The predicted molar refractivity (Wildman–Crippen MR) is 96.9 cm³/mol. The highest BCUT2D eigenvalue weighted by atomic mass is 16.3. The lowest BCUT2D eigenvalue weighted by molar-refractivity contribution is 0.208. The molecule has 0 radical (unpaired) electrons. The van der Waals surface area contributed by atoms with Gasteiger partial charge >= 0.3 is 6.03 Å². The van der Waals surface area contributed by atoms with Gasteiger partial charge in [-0.1, -0.05) is 44.2 Å². The molecular formula is C19H31N3O2. The van der Waals surface area contributed by atoms with Crippen LogP contribution in [-0.4, -0.2) is 48.3 Å². The summed E-state index contributed by atoms with van der Waals surface area (Å²) in [5, 5.41) is 15.1. The first-order valence-corrected chi connectivity index (χ1v) is 9.06. The van der Waals surface area contributed by atoms with Crippen molar-refractivity contribution in [3.63, 3.8) is 0 Å². The highest BCUT2D eigenvalue weighted by Gasteiger charge is 2.24. The second-order valence-electron chi connectivity index (χ2n) is 6.89. The van der Waals surface area contributed by atoms with E-state index in [9.17, 15) is 4.79 Å². The van der Waals surface area contributed by atoms with Crippen molar-refractivity contribution in [2.24, 2.45) is 5.92 Å². The molecule has 24 heavy (non-hydrogen) atoms. The van der Waals surface area contributed by atoms with Gasteiger partial charge in [-0.05, 0) is 43.8 Å². The zero-order valence-electron chi connectivity index (χ0n) is 14.9. The third-order valence-corrected chi connectivity index (χ3v) is 4.78. The van der Waals surface area contributed by atoms with Crippen molar-refractivity contribution in [2.45, 2.75) is 45.2 Å². The highest BCUT2D eigenvalue weighted by molar-refractivity contribution is 5.74. The number of nitrogens with one attached hydrogen (secondary N) is 2. The maximum absolute atomic E-state index is 12.3. The average Bonchev–Trinajstić information content (AvgIpc) is 3.10. The Morgan fingerprint density at radius 1 is 1.21 bits per heavy atom. The first-order chi connectivity index (χ1) is 11.6. The van der Waals surface area contributed by atoms with E-state index in [0.29, 0.717) is 18.9 Å². The fraction of sp³-hybridized carbons (Fsp3) is 0.632. The standard InChI is InChI=1S/C19H31N3O2/c1-15(2)17(10-13-23)21-19(24)20-14-18(22-11-6-7-12-22)16-8-4-3-5-9-16/h3-5,8-9,15,17-18,23H,6-7,10-14H2,1-2H3,(H2,20,21,24). The third kappa shape index (κ3) is 5.49. The van der Waals surface area contributed by atoms with Crippen LogP contribution in [0.4, 0.5) is 4.79 Å². The molecule has 134 valence electrons. The second-order valence-corrected chi connectivity index (χ2v) is 6.89. The summed E-state index contributed by atoms with van der Waals surface area (Å²) < 4.78 is 0. The van der Waals surface area contributed by atoms with Gasteiger partial charge in [0.05, 0.1) is 6.04 Å². The number of aliphatic hydroxyl groups excluding tert-OH is 1. The zero-order chi connectivity index (χ0) is 17.4. The van der Waals surface area contributed by atoms with Crippen LogP contribution in [-0.2, 0) is 0 Å². The van der Waals surface area contributed by atoms with E-state index in [4.69, 9.17) is 5.11 Å². The molecular weight excluding hydrogens is 302 g/mol. The van der Waals surface area contributed by atoms with Gasteiger partial charge in [-0.25, -0.2) is 4.79 Å². The summed E-state index contributed by atoms with van der Waals surface area (Å²) in [6.45, 7) is 6.96. The van der Waals surface area contributed by atoms with Crippen molar-refractivity contribution in [3.05, 3.63) is 35.9 Å². The number of aliphatic hydroxyl groups is 1. The number of hydrogen-bond acceptors (Lipinski definition) is 3. The normalized spacial score (nSPS) is 17.7. The molecule has 0 aliphatic carbocycles. The van der Waals surface area contributed by atoms with Crippen molar-refractivity contribution in [3.8, 4) is 0 Å². The number of carbonyl (C=O) groups excluding carboxylic acids is 1. The van der Waals surface area contributed by atoms with Gasteiger partial charge in [0.1, 0.15) is 0 Å². The topological polar surface area (TPSA) is 64.6 Å². The van der Waals surface area contributed by atoms with Crippen molar-refractivity contribution in [1.82, 2.24) is 15.5 Å². The molecule has 1 aromatic rings. The van der Waals surface area contributed by atoms with Gasteiger partial charge in [-0.2, -0.15) is 0 Å². The number of benzene rings is 1. The molecule has 1 aromatic carbocycles. The summed E-state index contributed by atoms with van der Waals surface area (Å²) in [6.07, 6.45) is 3.03. The Morgan fingerprint density at radius 2 is 1.88 bits per heavy atom. The first-order valence-electron chi connectivity index (χ1n) is 9.06. The van der Waals surface area contributed by atoms with E-state index in [1.165, 1.54) is 18.4 Å². The number of nitrogens with zero attached hydrogens (tertiary/aromatic N) is 1. The van der Waals surface area contributed by atoms with Crippen LogP contribution in [0.5, 0.6) is 0 Å². The Bertz CT molecular complexity index is 487. The van der Waals surface area contributed by atoms with E-state index in [2.05, 4.69) is 53.6 Å². The molecule has 0 saturated carbocycles. The Morgan fingerprint density at radius 3 is 2.46 bits per heavy atom. The maximum atomic E-state index is 12.3. The molecule has 1 aliphatic heterocycles. The number of likely N-dealkylation sites (tertiary alicyclic amines) is 1. The minimum Gasteiger partial charge on any atom is -0.396 e.